The van der Waals surface area contributed by atoms with Gasteiger partial charge < -0.3 is 14.6 Å². The number of aliphatic carboxylic acids is 1. The summed E-state index contributed by atoms with van der Waals surface area (Å²) in [5.41, 5.74) is 3.26. The zero-order chi connectivity index (χ0) is 17.6. The number of aromatic nitrogens is 2. The summed E-state index contributed by atoms with van der Waals surface area (Å²) in [6.07, 6.45) is 8.71. The molecular formula is C20H25N3O2. The second-order valence-electron chi connectivity index (χ2n) is 6.67. The van der Waals surface area contributed by atoms with Gasteiger partial charge in [-0.1, -0.05) is 36.4 Å². The number of carboxylic acids is 1. The fourth-order valence-electron chi connectivity index (χ4n) is 3.39. The third-order valence-electron chi connectivity index (χ3n) is 4.71. The summed E-state index contributed by atoms with van der Waals surface area (Å²) in [6, 6.07) is 10.3. The average molecular weight is 339 g/mol. The van der Waals surface area contributed by atoms with E-state index in [2.05, 4.69) is 28.1 Å². The van der Waals surface area contributed by atoms with Crippen LogP contribution >= 0.6 is 0 Å². The number of carboxylic acid groups (broad SMARTS) is 1. The number of hydrogen-bond acceptors (Lipinski definition) is 3. The molecule has 1 aliphatic heterocycles. The van der Waals surface area contributed by atoms with Gasteiger partial charge in [-0.15, -0.1) is 0 Å². The lowest BCUT2D eigenvalue weighted by molar-refractivity contribution is -0.143. The van der Waals surface area contributed by atoms with Crippen LogP contribution in [0.15, 0.2) is 48.9 Å². The van der Waals surface area contributed by atoms with Crippen molar-refractivity contribution in [3.05, 3.63) is 60.2 Å². The normalized spacial score (nSPS) is 19.1. The van der Waals surface area contributed by atoms with E-state index in [1.165, 1.54) is 0 Å². The van der Waals surface area contributed by atoms with E-state index in [-0.39, 0.29) is 5.92 Å². The minimum atomic E-state index is -0.668. The van der Waals surface area contributed by atoms with Gasteiger partial charge in [-0.05, 0) is 31.4 Å². The Morgan fingerprint density at radius 1 is 1.36 bits per heavy atom. The maximum atomic E-state index is 11.2. The maximum absolute atomic E-state index is 11.2. The SMILES string of the molecule is Cn1cnc(/C(=C/CCN2CCCC(C(=O)O)C2)c2ccccc2)c1. The van der Waals surface area contributed by atoms with Crippen LogP contribution in [0, 0.1) is 5.92 Å². The number of imidazole rings is 1. The van der Waals surface area contributed by atoms with Crippen molar-refractivity contribution in [3.8, 4) is 0 Å². The fraction of sp³-hybridized carbons (Fsp3) is 0.400. The van der Waals surface area contributed by atoms with Crippen LogP contribution in [-0.2, 0) is 11.8 Å². The molecule has 25 heavy (non-hydrogen) atoms. The van der Waals surface area contributed by atoms with E-state index in [1.807, 2.05) is 42.3 Å². The number of aryl methyl sites for hydroxylation is 1. The number of likely N-dealkylation sites (tertiary alicyclic amines) is 1. The predicted octanol–water partition coefficient (Wildman–Crippen LogP) is 3.04. The number of carbonyl (C=O) groups is 1. The molecule has 0 radical (unpaired) electrons. The van der Waals surface area contributed by atoms with Gasteiger partial charge in [0.05, 0.1) is 17.9 Å². The highest BCUT2D eigenvalue weighted by molar-refractivity contribution is 5.77. The summed E-state index contributed by atoms with van der Waals surface area (Å²) in [6.45, 7) is 2.53. The molecule has 5 heteroatoms. The highest BCUT2D eigenvalue weighted by Crippen LogP contribution is 2.23. The molecular weight excluding hydrogens is 314 g/mol. The van der Waals surface area contributed by atoms with E-state index in [0.29, 0.717) is 6.54 Å². The molecule has 5 nitrogen and oxygen atoms in total. The molecule has 2 heterocycles. The Hall–Kier alpha value is -2.40. The van der Waals surface area contributed by atoms with Crippen molar-refractivity contribution in [1.29, 1.82) is 0 Å². The Morgan fingerprint density at radius 2 is 2.16 bits per heavy atom. The summed E-state index contributed by atoms with van der Waals surface area (Å²) >= 11 is 0. The average Bonchev–Trinajstić information content (AvgIpc) is 3.06. The number of hydrogen-bond donors (Lipinski definition) is 1. The molecule has 132 valence electrons. The van der Waals surface area contributed by atoms with Gasteiger partial charge in [-0.3, -0.25) is 4.79 Å². The van der Waals surface area contributed by atoms with Crippen LogP contribution < -0.4 is 0 Å². The molecule has 1 N–H and O–H groups in total. The molecule has 0 saturated carbocycles. The van der Waals surface area contributed by atoms with Gasteiger partial charge in [0.25, 0.3) is 0 Å². The van der Waals surface area contributed by atoms with Gasteiger partial charge in [-0.25, -0.2) is 4.98 Å². The third-order valence-corrected chi connectivity index (χ3v) is 4.71. The Morgan fingerprint density at radius 3 is 2.84 bits per heavy atom. The molecule has 1 aromatic carbocycles. The molecule has 0 aliphatic carbocycles. The summed E-state index contributed by atoms with van der Waals surface area (Å²) < 4.78 is 1.95. The van der Waals surface area contributed by atoms with Gasteiger partial charge in [0, 0.05) is 31.9 Å². The van der Waals surface area contributed by atoms with Crippen molar-refractivity contribution >= 4 is 11.5 Å². The smallest absolute Gasteiger partial charge is 0.307 e. The zero-order valence-electron chi connectivity index (χ0n) is 14.6. The van der Waals surface area contributed by atoms with Gasteiger partial charge in [0.2, 0.25) is 0 Å². The van der Waals surface area contributed by atoms with Crippen molar-refractivity contribution in [2.24, 2.45) is 13.0 Å². The number of rotatable bonds is 6. The predicted molar refractivity (Wildman–Crippen MR) is 98.1 cm³/mol. The summed E-state index contributed by atoms with van der Waals surface area (Å²) in [5, 5.41) is 9.22. The molecule has 1 aromatic heterocycles. The molecule has 0 spiro atoms. The van der Waals surface area contributed by atoms with Crippen molar-refractivity contribution in [1.82, 2.24) is 14.5 Å². The standard InChI is InChI=1S/C20H25N3O2/c1-22-14-19(21-15-22)18(16-7-3-2-4-8-16)10-6-12-23-11-5-9-17(13-23)20(24)25/h2-4,7-8,10,14-15,17H,5-6,9,11-13H2,1H3,(H,24,25)/b18-10+. The summed E-state index contributed by atoms with van der Waals surface area (Å²) in [7, 11) is 1.97. The first-order chi connectivity index (χ1) is 12.1. The number of benzene rings is 1. The first kappa shape index (κ1) is 17.4. The lowest BCUT2D eigenvalue weighted by Crippen LogP contribution is -2.39. The van der Waals surface area contributed by atoms with Crippen LogP contribution in [0.25, 0.3) is 5.57 Å². The summed E-state index contributed by atoms with van der Waals surface area (Å²) in [5.74, 6) is -0.888. The number of nitrogens with zero attached hydrogens (tertiary/aromatic N) is 3. The fourth-order valence-corrected chi connectivity index (χ4v) is 3.39. The molecule has 0 amide bonds. The molecule has 1 unspecified atom stereocenters. The van der Waals surface area contributed by atoms with Gasteiger partial charge in [0.15, 0.2) is 0 Å². The highest BCUT2D eigenvalue weighted by Gasteiger charge is 2.24. The molecule has 1 fully saturated rings. The van der Waals surface area contributed by atoms with E-state index >= 15 is 0 Å². The molecule has 2 aromatic rings. The van der Waals surface area contributed by atoms with Crippen LogP contribution in [-0.4, -0.2) is 45.2 Å². The molecule has 3 rings (SSSR count). The van der Waals surface area contributed by atoms with Gasteiger partial charge >= 0.3 is 5.97 Å². The topological polar surface area (TPSA) is 58.4 Å². The first-order valence-corrected chi connectivity index (χ1v) is 8.82. The highest BCUT2D eigenvalue weighted by atomic mass is 16.4. The largest absolute Gasteiger partial charge is 0.481 e. The minimum Gasteiger partial charge on any atom is -0.481 e. The van der Waals surface area contributed by atoms with Crippen molar-refractivity contribution in [3.63, 3.8) is 0 Å². The Kier molecular flexibility index (Phi) is 5.66. The molecule has 0 bridgehead atoms. The first-order valence-electron chi connectivity index (χ1n) is 8.82. The molecule has 1 saturated heterocycles. The Bertz CT molecular complexity index is 736. The van der Waals surface area contributed by atoms with Gasteiger partial charge in [0.1, 0.15) is 0 Å². The minimum absolute atomic E-state index is 0.220. The Labute approximate surface area is 148 Å². The monoisotopic (exact) mass is 339 g/mol. The van der Waals surface area contributed by atoms with Crippen LogP contribution in [0.2, 0.25) is 0 Å². The lowest BCUT2D eigenvalue weighted by atomic mass is 9.98. The van der Waals surface area contributed by atoms with Gasteiger partial charge in [-0.2, -0.15) is 0 Å². The van der Waals surface area contributed by atoms with E-state index in [4.69, 9.17) is 0 Å². The van der Waals surface area contributed by atoms with Crippen LogP contribution in [0.3, 0.4) is 0 Å². The number of piperidine rings is 1. The second kappa shape index (κ2) is 8.12. The Balaban J connectivity index is 1.70. The van der Waals surface area contributed by atoms with Crippen molar-refractivity contribution in [2.75, 3.05) is 19.6 Å². The van der Waals surface area contributed by atoms with Crippen LogP contribution in [0.5, 0.6) is 0 Å². The van der Waals surface area contributed by atoms with E-state index in [1.54, 1.807) is 0 Å². The van der Waals surface area contributed by atoms with Crippen molar-refractivity contribution < 1.29 is 9.90 Å². The lowest BCUT2D eigenvalue weighted by Gasteiger charge is -2.30. The third kappa shape index (κ3) is 4.57. The quantitative estimate of drug-likeness (QED) is 0.879. The van der Waals surface area contributed by atoms with E-state index < -0.39 is 5.97 Å². The molecule has 1 atom stereocenters. The molecule has 1 aliphatic rings. The zero-order valence-corrected chi connectivity index (χ0v) is 14.6. The van der Waals surface area contributed by atoms with E-state index in [9.17, 15) is 9.90 Å². The van der Waals surface area contributed by atoms with Crippen LogP contribution in [0.4, 0.5) is 0 Å². The summed E-state index contributed by atoms with van der Waals surface area (Å²) in [4.78, 5) is 18.0. The maximum Gasteiger partial charge on any atom is 0.307 e. The van der Waals surface area contributed by atoms with Crippen molar-refractivity contribution in [2.45, 2.75) is 19.3 Å². The second-order valence-corrected chi connectivity index (χ2v) is 6.67. The van der Waals surface area contributed by atoms with Crippen LogP contribution in [0.1, 0.15) is 30.5 Å². The van der Waals surface area contributed by atoms with E-state index in [0.717, 1.165) is 49.2 Å².